The van der Waals surface area contributed by atoms with E-state index in [1.54, 1.807) is 0 Å². The van der Waals surface area contributed by atoms with Gasteiger partial charge in [0.1, 0.15) is 0 Å². The van der Waals surface area contributed by atoms with Gasteiger partial charge in [-0.3, -0.25) is 4.98 Å². The van der Waals surface area contributed by atoms with Crippen molar-refractivity contribution in [3.63, 3.8) is 0 Å². The van der Waals surface area contributed by atoms with E-state index < -0.39 is 0 Å². The third-order valence-corrected chi connectivity index (χ3v) is 3.09. The van der Waals surface area contributed by atoms with Gasteiger partial charge in [-0.15, -0.1) is 0 Å². The number of aromatic nitrogens is 2. The predicted octanol–water partition coefficient (Wildman–Crippen LogP) is 3.56. The van der Waals surface area contributed by atoms with Gasteiger partial charge >= 0.3 is 0 Å². The molecule has 84 valence electrons. The topological polar surface area (TPSA) is 17.3 Å². The van der Waals surface area contributed by atoms with Gasteiger partial charge in [-0.2, -0.15) is 0 Å². The van der Waals surface area contributed by atoms with Crippen LogP contribution in [0.2, 0.25) is 0 Å². The van der Waals surface area contributed by atoms with Crippen molar-refractivity contribution >= 4 is 5.52 Å². The average Bonchev–Trinajstić information content (AvgIpc) is 2.78. The number of aryl methyl sites for hydroxylation is 1. The van der Waals surface area contributed by atoms with E-state index in [-0.39, 0.29) is 0 Å². The van der Waals surface area contributed by atoms with E-state index in [0.29, 0.717) is 0 Å². The fourth-order valence-electron chi connectivity index (χ4n) is 2.28. The third-order valence-electron chi connectivity index (χ3n) is 3.09. The minimum Gasteiger partial charge on any atom is -0.316 e. The summed E-state index contributed by atoms with van der Waals surface area (Å²) in [6, 6.07) is 12.7. The van der Waals surface area contributed by atoms with Crippen LogP contribution in [0.5, 0.6) is 0 Å². The van der Waals surface area contributed by atoms with Crippen molar-refractivity contribution in [2.45, 2.75) is 13.3 Å². The van der Waals surface area contributed by atoms with Crippen LogP contribution in [-0.4, -0.2) is 9.38 Å². The number of pyridine rings is 2. The lowest BCUT2D eigenvalue weighted by Gasteiger charge is -2.05. The Labute approximate surface area is 101 Å². The predicted molar refractivity (Wildman–Crippen MR) is 70.0 cm³/mol. The van der Waals surface area contributed by atoms with Crippen LogP contribution in [0.15, 0.2) is 55.0 Å². The Hall–Kier alpha value is -2.09. The minimum atomic E-state index is 1.04. The molecule has 3 aromatic rings. The number of hydrogen-bond donors (Lipinski definition) is 0. The molecule has 0 amide bonds. The van der Waals surface area contributed by atoms with Gasteiger partial charge in [0.15, 0.2) is 0 Å². The highest BCUT2D eigenvalue weighted by atomic mass is 14.9. The summed E-state index contributed by atoms with van der Waals surface area (Å²) in [4.78, 5) is 4.08. The number of nitrogens with zero attached hydrogens (tertiary/aromatic N) is 2. The normalized spacial score (nSPS) is 10.9. The Kier molecular flexibility index (Phi) is 2.41. The van der Waals surface area contributed by atoms with E-state index in [1.165, 1.54) is 22.3 Å². The lowest BCUT2D eigenvalue weighted by Crippen LogP contribution is -1.90. The molecule has 3 rings (SSSR count). The van der Waals surface area contributed by atoms with Gasteiger partial charge in [0.05, 0.1) is 5.69 Å². The SMILES string of the molecule is CCc1cc2ccccn2c1-c1ccncc1. The summed E-state index contributed by atoms with van der Waals surface area (Å²) in [5.74, 6) is 0. The molecule has 0 fully saturated rings. The second-order valence-electron chi connectivity index (χ2n) is 4.10. The first kappa shape index (κ1) is 10.1. The quantitative estimate of drug-likeness (QED) is 0.648. The molecule has 0 radical (unpaired) electrons. The van der Waals surface area contributed by atoms with E-state index >= 15 is 0 Å². The highest BCUT2D eigenvalue weighted by Gasteiger charge is 2.09. The fourth-order valence-corrected chi connectivity index (χ4v) is 2.28. The van der Waals surface area contributed by atoms with E-state index in [1.807, 2.05) is 12.4 Å². The second kappa shape index (κ2) is 4.06. The van der Waals surface area contributed by atoms with E-state index in [9.17, 15) is 0 Å². The van der Waals surface area contributed by atoms with Crippen LogP contribution in [-0.2, 0) is 6.42 Å². The average molecular weight is 222 g/mol. The first-order chi connectivity index (χ1) is 8.40. The van der Waals surface area contributed by atoms with Crippen LogP contribution < -0.4 is 0 Å². The molecule has 0 bridgehead atoms. The summed E-state index contributed by atoms with van der Waals surface area (Å²) in [7, 11) is 0. The smallest absolute Gasteiger partial charge is 0.0561 e. The van der Waals surface area contributed by atoms with Crippen molar-refractivity contribution in [1.29, 1.82) is 0 Å². The Balaban J connectivity index is 2.34. The summed E-state index contributed by atoms with van der Waals surface area (Å²) >= 11 is 0. The van der Waals surface area contributed by atoms with Gasteiger partial charge in [0.25, 0.3) is 0 Å². The molecule has 0 aromatic carbocycles. The van der Waals surface area contributed by atoms with E-state index in [4.69, 9.17) is 0 Å². The largest absolute Gasteiger partial charge is 0.316 e. The first-order valence-corrected chi connectivity index (χ1v) is 5.89. The van der Waals surface area contributed by atoms with Crippen molar-refractivity contribution in [3.05, 3.63) is 60.6 Å². The second-order valence-corrected chi connectivity index (χ2v) is 4.10. The molecule has 0 spiro atoms. The molecule has 0 saturated carbocycles. The van der Waals surface area contributed by atoms with Crippen molar-refractivity contribution in [2.75, 3.05) is 0 Å². The van der Waals surface area contributed by atoms with Crippen LogP contribution in [0.1, 0.15) is 12.5 Å². The fraction of sp³-hybridized carbons (Fsp3) is 0.133. The zero-order chi connectivity index (χ0) is 11.7. The van der Waals surface area contributed by atoms with Gasteiger partial charge in [-0.05, 0) is 42.3 Å². The van der Waals surface area contributed by atoms with Crippen molar-refractivity contribution in [3.8, 4) is 11.3 Å². The molecule has 0 aliphatic carbocycles. The molecule has 0 N–H and O–H groups in total. The van der Waals surface area contributed by atoms with Gasteiger partial charge in [-0.25, -0.2) is 0 Å². The molecular formula is C15H14N2. The molecule has 3 aromatic heterocycles. The Morgan fingerprint density at radius 1 is 1.12 bits per heavy atom. The monoisotopic (exact) mass is 222 g/mol. The summed E-state index contributed by atoms with van der Waals surface area (Å²) in [6.45, 7) is 2.19. The Bertz CT molecular complexity index is 638. The van der Waals surface area contributed by atoms with E-state index in [0.717, 1.165) is 6.42 Å². The molecule has 17 heavy (non-hydrogen) atoms. The summed E-state index contributed by atoms with van der Waals surface area (Å²) in [5, 5.41) is 0. The van der Waals surface area contributed by atoms with Crippen LogP contribution in [0, 0.1) is 0 Å². The van der Waals surface area contributed by atoms with Crippen LogP contribution in [0.4, 0.5) is 0 Å². The Morgan fingerprint density at radius 2 is 1.94 bits per heavy atom. The zero-order valence-corrected chi connectivity index (χ0v) is 9.80. The Morgan fingerprint density at radius 3 is 2.71 bits per heavy atom. The number of fused-ring (bicyclic) bond motifs is 1. The van der Waals surface area contributed by atoms with Gasteiger partial charge in [-0.1, -0.05) is 13.0 Å². The molecule has 0 saturated heterocycles. The maximum atomic E-state index is 4.08. The zero-order valence-electron chi connectivity index (χ0n) is 9.80. The molecule has 3 heterocycles. The van der Waals surface area contributed by atoms with Crippen LogP contribution in [0.25, 0.3) is 16.8 Å². The molecule has 0 atom stereocenters. The summed E-state index contributed by atoms with van der Waals surface area (Å²) < 4.78 is 2.24. The van der Waals surface area contributed by atoms with Crippen LogP contribution in [0.3, 0.4) is 0 Å². The lowest BCUT2D eigenvalue weighted by atomic mass is 10.1. The maximum Gasteiger partial charge on any atom is 0.0561 e. The minimum absolute atomic E-state index is 1.04. The number of rotatable bonds is 2. The van der Waals surface area contributed by atoms with Gasteiger partial charge in [0.2, 0.25) is 0 Å². The summed E-state index contributed by atoms with van der Waals surface area (Å²) in [5.41, 5.74) is 5.13. The molecule has 0 aliphatic rings. The number of hydrogen-bond acceptors (Lipinski definition) is 1. The molecule has 0 aliphatic heterocycles. The van der Waals surface area contributed by atoms with Gasteiger partial charge in [0, 0.05) is 29.7 Å². The maximum absolute atomic E-state index is 4.08. The molecule has 0 unspecified atom stereocenters. The van der Waals surface area contributed by atoms with Gasteiger partial charge < -0.3 is 4.40 Å². The van der Waals surface area contributed by atoms with E-state index in [2.05, 4.69) is 58.9 Å². The van der Waals surface area contributed by atoms with Crippen molar-refractivity contribution in [1.82, 2.24) is 9.38 Å². The highest BCUT2D eigenvalue weighted by molar-refractivity contribution is 5.71. The highest BCUT2D eigenvalue weighted by Crippen LogP contribution is 2.27. The first-order valence-electron chi connectivity index (χ1n) is 5.89. The van der Waals surface area contributed by atoms with Crippen molar-refractivity contribution in [2.24, 2.45) is 0 Å². The molecule has 2 nitrogen and oxygen atoms in total. The van der Waals surface area contributed by atoms with Crippen LogP contribution >= 0.6 is 0 Å². The summed E-state index contributed by atoms with van der Waals surface area (Å²) in [6.07, 6.45) is 6.85. The molecule has 2 heteroatoms. The standard InChI is InChI=1S/C15H14N2/c1-2-12-11-14-5-3-4-10-17(14)15(12)13-6-8-16-9-7-13/h3-11H,2H2,1H3. The van der Waals surface area contributed by atoms with Crippen molar-refractivity contribution < 1.29 is 0 Å². The third kappa shape index (κ3) is 1.62. The molecular weight excluding hydrogens is 208 g/mol. The lowest BCUT2D eigenvalue weighted by molar-refractivity contribution is 1.12.